The van der Waals surface area contributed by atoms with E-state index in [0.29, 0.717) is 11.3 Å². The predicted molar refractivity (Wildman–Crippen MR) is 115 cm³/mol. The van der Waals surface area contributed by atoms with Gasteiger partial charge in [0, 0.05) is 11.7 Å². The number of sulfonamides is 2. The summed E-state index contributed by atoms with van der Waals surface area (Å²) in [6, 6.07) is 11.3. The van der Waals surface area contributed by atoms with Gasteiger partial charge in [0.1, 0.15) is 0 Å². The highest BCUT2D eigenvalue weighted by Gasteiger charge is 2.30. The van der Waals surface area contributed by atoms with Crippen LogP contribution < -0.4 is 9.44 Å². The van der Waals surface area contributed by atoms with Crippen LogP contribution in [0.3, 0.4) is 0 Å². The summed E-state index contributed by atoms with van der Waals surface area (Å²) in [7, 11) is -7.59. The SMILES string of the molecule is O=C1CSC(=O)N1Cc1ccc(NS(=O)(=O)c2ccc(S(=O)(=O)NC3CC3)cc2)cc1. The lowest BCUT2D eigenvalue weighted by Crippen LogP contribution is -2.27. The van der Waals surface area contributed by atoms with E-state index in [9.17, 15) is 26.4 Å². The van der Waals surface area contributed by atoms with E-state index >= 15 is 0 Å². The van der Waals surface area contributed by atoms with Crippen molar-refractivity contribution in [1.82, 2.24) is 9.62 Å². The number of imide groups is 1. The summed E-state index contributed by atoms with van der Waals surface area (Å²) in [4.78, 5) is 24.4. The van der Waals surface area contributed by atoms with Crippen molar-refractivity contribution in [2.24, 2.45) is 0 Å². The van der Waals surface area contributed by atoms with Gasteiger partial charge in [-0.2, -0.15) is 0 Å². The average molecular weight is 482 g/mol. The molecule has 1 heterocycles. The number of anilines is 1. The smallest absolute Gasteiger partial charge is 0.280 e. The van der Waals surface area contributed by atoms with Crippen LogP contribution in [-0.2, 0) is 31.4 Å². The lowest BCUT2D eigenvalue weighted by molar-refractivity contribution is -0.125. The Balaban J connectivity index is 1.43. The number of hydrogen-bond acceptors (Lipinski definition) is 7. The largest absolute Gasteiger partial charge is 0.289 e. The number of rotatable bonds is 8. The molecule has 0 unspecified atom stereocenters. The Hall–Kier alpha value is -2.41. The maximum atomic E-state index is 12.6. The van der Waals surface area contributed by atoms with E-state index in [4.69, 9.17) is 0 Å². The summed E-state index contributed by atoms with van der Waals surface area (Å²) in [6.07, 6.45) is 1.61. The highest BCUT2D eigenvalue weighted by molar-refractivity contribution is 8.14. The number of nitrogens with zero attached hydrogens (tertiary/aromatic N) is 1. The fourth-order valence-electron chi connectivity index (χ4n) is 2.90. The number of carbonyl (C=O) groups excluding carboxylic acids is 2. The first kappa shape index (κ1) is 21.8. The monoisotopic (exact) mass is 481 g/mol. The second-order valence-corrected chi connectivity index (χ2v) is 11.5. The van der Waals surface area contributed by atoms with Crippen LogP contribution in [0.25, 0.3) is 0 Å². The Morgan fingerprint density at radius 2 is 1.45 bits per heavy atom. The summed E-state index contributed by atoms with van der Waals surface area (Å²) in [5.74, 6) is -0.120. The number of amides is 2. The van der Waals surface area contributed by atoms with Crippen LogP contribution in [0.2, 0.25) is 0 Å². The van der Waals surface area contributed by atoms with Gasteiger partial charge < -0.3 is 0 Å². The molecule has 4 rings (SSSR count). The van der Waals surface area contributed by atoms with Crippen molar-refractivity contribution in [3.63, 3.8) is 0 Å². The Labute approximate surface area is 184 Å². The number of nitrogens with one attached hydrogen (secondary N) is 2. The topological polar surface area (TPSA) is 130 Å². The molecule has 1 aliphatic heterocycles. The van der Waals surface area contributed by atoms with Crippen LogP contribution in [0.4, 0.5) is 10.5 Å². The fraction of sp³-hybridized carbons (Fsp3) is 0.263. The van der Waals surface area contributed by atoms with Crippen LogP contribution in [0.5, 0.6) is 0 Å². The zero-order valence-electron chi connectivity index (χ0n) is 16.1. The van der Waals surface area contributed by atoms with E-state index in [-0.39, 0.29) is 39.3 Å². The molecule has 2 aliphatic rings. The maximum Gasteiger partial charge on any atom is 0.289 e. The predicted octanol–water partition coefficient (Wildman–Crippen LogP) is 2.12. The molecule has 1 saturated carbocycles. The van der Waals surface area contributed by atoms with E-state index in [1.165, 1.54) is 36.4 Å². The van der Waals surface area contributed by atoms with E-state index in [1.807, 2.05) is 0 Å². The minimum Gasteiger partial charge on any atom is -0.280 e. The molecular weight excluding hydrogens is 462 g/mol. The second-order valence-electron chi connectivity index (χ2n) is 7.20. The molecule has 9 nitrogen and oxygen atoms in total. The quantitative estimate of drug-likeness (QED) is 0.591. The van der Waals surface area contributed by atoms with Gasteiger partial charge in [-0.25, -0.2) is 21.6 Å². The minimum atomic E-state index is -3.93. The molecule has 2 N–H and O–H groups in total. The van der Waals surface area contributed by atoms with Crippen molar-refractivity contribution in [3.05, 3.63) is 54.1 Å². The van der Waals surface area contributed by atoms with Crippen molar-refractivity contribution in [2.75, 3.05) is 10.5 Å². The van der Waals surface area contributed by atoms with Gasteiger partial charge in [-0.1, -0.05) is 23.9 Å². The first-order valence-electron chi connectivity index (χ1n) is 9.35. The molecule has 1 aliphatic carbocycles. The molecule has 0 aromatic heterocycles. The van der Waals surface area contributed by atoms with Crippen LogP contribution in [0.1, 0.15) is 18.4 Å². The average Bonchev–Trinajstić information content (AvgIpc) is 3.48. The lowest BCUT2D eigenvalue weighted by Gasteiger charge is -2.13. The third kappa shape index (κ3) is 5.09. The molecule has 2 aromatic carbocycles. The molecule has 31 heavy (non-hydrogen) atoms. The van der Waals surface area contributed by atoms with Gasteiger partial charge in [-0.15, -0.1) is 0 Å². The molecule has 12 heteroatoms. The van der Waals surface area contributed by atoms with Crippen molar-refractivity contribution < 1.29 is 26.4 Å². The van der Waals surface area contributed by atoms with Crippen LogP contribution >= 0.6 is 11.8 Å². The van der Waals surface area contributed by atoms with Crippen LogP contribution in [-0.4, -0.2) is 44.7 Å². The third-order valence-corrected chi connectivity index (χ3v) is 8.52. The molecule has 0 atom stereocenters. The Morgan fingerprint density at radius 1 is 0.871 bits per heavy atom. The molecular formula is C19H19N3O6S3. The minimum absolute atomic E-state index is 0.00636. The summed E-state index contributed by atoms with van der Waals surface area (Å²) >= 11 is 0.954. The number of carbonyl (C=O) groups is 2. The highest BCUT2D eigenvalue weighted by Crippen LogP contribution is 2.24. The van der Waals surface area contributed by atoms with Crippen LogP contribution in [0.15, 0.2) is 58.3 Å². The van der Waals surface area contributed by atoms with E-state index in [2.05, 4.69) is 9.44 Å². The lowest BCUT2D eigenvalue weighted by atomic mass is 10.2. The molecule has 0 radical (unpaired) electrons. The molecule has 1 saturated heterocycles. The second kappa shape index (κ2) is 8.26. The van der Waals surface area contributed by atoms with Crippen molar-refractivity contribution in [2.45, 2.75) is 35.2 Å². The van der Waals surface area contributed by atoms with E-state index in [1.54, 1.807) is 12.1 Å². The van der Waals surface area contributed by atoms with Gasteiger partial charge >= 0.3 is 0 Å². The van der Waals surface area contributed by atoms with Crippen molar-refractivity contribution in [1.29, 1.82) is 0 Å². The summed E-state index contributed by atoms with van der Waals surface area (Å²) in [6.45, 7) is 0.128. The Morgan fingerprint density at radius 3 is 1.97 bits per heavy atom. The molecule has 2 aromatic rings. The van der Waals surface area contributed by atoms with Crippen molar-refractivity contribution >= 4 is 48.6 Å². The molecule has 0 spiro atoms. The highest BCUT2D eigenvalue weighted by atomic mass is 32.2. The van der Waals surface area contributed by atoms with Gasteiger partial charge in [0.15, 0.2) is 0 Å². The molecule has 164 valence electrons. The van der Waals surface area contributed by atoms with Gasteiger partial charge in [0.05, 0.1) is 22.1 Å². The summed E-state index contributed by atoms with van der Waals surface area (Å²) < 4.78 is 54.6. The van der Waals surface area contributed by atoms with Gasteiger partial charge in [-0.3, -0.25) is 19.2 Å². The van der Waals surface area contributed by atoms with Gasteiger partial charge in [0.2, 0.25) is 15.9 Å². The standard InChI is InChI=1S/C19H19N3O6S3/c23-18-12-29-19(24)22(18)11-13-1-3-14(4-2-13)20-30(25,26)16-7-9-17(10-8-16)31(27,28)21-15-5-6-15/h1-4,7-10,15,20-21H,5-6,11-12H2. The Kier molecular flexibility index (Phi) is 5.81. The van der Waals surface area contributed by atoms with E-state index < -0.39 is 20.0 Å². The first-order chi connectivity index (χ1) is 14.6. The fourth-order valence-corrected chi connectivity index (χ4v) is 5.98. The maximum absolute atomic E-state index is 12.6. The zero-order chi connectivity index (χ0) is 22.2. The van der Waals surface area contributed by atoms with Crippen LogP contribution in [0, 0.1) is 0 Å². The van der Waals surface area contributed by atoms with Gasteiger partial charge in [0.25, 0.3) is 15.3 Å². The number of benzene rings is 2. The molecule has 2 fully saturated rings. The van der Waals surface area contributed by atoms with Crippen molar-refractivity contribution in [3.8, 4) is 0 Å². The zero-order valence-corrected chi connectivity index (χ0v) is 18.6. The first-order valence-corrected chi connectivity index (χ1v) is 13.3. The number of hydrogen-bond donors (Lipinski definition) is 2. The summed E-state index contributed by atoms with van der Waals surface area (Å²) in [5.41, 5.74) is 0.981. The molecule has 2 amide bonds. The summed E-state index contributed by atoms with van der Waals surface area (Å²) in [5, 5.41) is -0.299. The van der Waals surface area contributed by atoms with Gasteiger partial charge in [-0.05, 0) is 54.8 Å². The van der Waals surface area contributed by atoms with E-state index in [0.717, 1.165) is 29.5 Å². The third-order valence-electron chi connectivity index (χ3n) is 4.73. The Bertz CT molecular complexity index is 1210. The normalized spacial score (nSPS) is 17.2. The number of thioether (sulfide) groups is 1. The molecule has 0 bridgehead atoms.